The second-order valence-electron chi connectivity index (χ2n) is 8.70. The number of aryl methyl sites for hydroxylation is 1. The first-order valence-corrected chi connectivity index (χ1v) is 14.0. The Kier molecular flexibility index (Phi) is 7.38. The van der Waals surface area contributed by atoms with Crippen LogP contribution in [0.5, 0.6) is 17.2 Å². The summed E-state index contributed by atoms with van der Waals surface area (Å²) in [5.41, 5.74) is 0.806. The van der Waals surface area contributed by atoms with E-state index >= 15 is 0 Å². The summed E-state index contributed by atoms with van der Waals surface area (Å²) in [5, 5.41) is 13.1. The number of nitrogens with one attached hydrogen (secondary N) is 1. The standard InChI is InChI=1S/C26H19N3O10S2/c1-15-2-8-19(12-20(15)29(33)34)41(35,36)39-18-6-3-16(4-7-18)10-23-25(31)28(26(32)40-23)13-24(30)27-17-5-9-21-22(11-17)38-14-37-21/h2-12H,13-14H2,1H3,(H,27,30)/b23-10-. The number of hydrogen-bond donors (Lipinski definition) is 1. The van der Waals surface area contributed by atoms with Crippen molar-refractivity contribution >= 4 is 56.4 Å². The summed E-state index contributed by atoms with van der Waals surface area (Å²) in [4.78, 5) is 48.7. The van der Waals surface area contributed by atoms with Crippen LogP contribution in [0, 0.1) is 17.0 Å². The average molecular weight is 598 g/mol. The van der Waals surface area contributed by atoms with Gasteiger partial charge in [0.15, 0.2) is 11.5 Å². The fourth-order valence-corrected chi connectivity index (χ4v) is 5.63. The van der Waals surface area contributed by atoms with Crippen molar-refractivity contribution in [1.82, 2.24) is 4.90 Å². The smallest absolute Gasteiger partial charge is 0.339 e. The van der Waals surface area contributed by atoms with Crippen molar-refractivity contribution in [2.75, 3.05) is 18.7 Å². The Bertz CT molecular complexity index is 1740. The van der Waals surface area contributed by atoms with Gasteiger partial charge in [-0.25, -0.2) is 0 Å². The predicted octanol–water partition coefficient (Wildman–Crippen LogP) is 4.07. The monoisotopic (exact) mass is 597 g/mol. The van der Waals surface area contributed by atoms with E-state index in [2.05, 4.69) is 5.32 Å². The van der Waals surface area contributed by atoms with E-state index in [9.17, 15) is 32.9 Å². The number of carbonyl (C=O) groups excluding carboxylic acids is 3. The Balaban J connectivity index is 1.23. The number of fused-ring (bicyclic) bond motifs is 1. The molecule has 210 valence electrons. The maximum absolute atomic E-state index is 12.8. The number of carbonyl (C=O) groups is 3. The van der Waals surface area contributed by atoms with Crippen LogP contribution in [0.25, 0.3) is 6.08 Å². The summed E-state index contributed by atoms with van der Waals surface area (Å²) in [6.45, 7) is 1.06. The Hall–Kier alpha value is -4.89. The summed E-state index contributed by atoms with van der Waals surface area (Å²) in [7, 11) is -4.36. The first-order chi connectivity index (χ1) is 19.5. The highest BCUT2D eigenvalue weighted by Crippen LogP contribution is 2.35. The van der Waals surface area contributed by atoms with Gasteiger partial charge in [0.25, 0.3) is 16.8 Å². The minimum absolute atomic E-state index is 0.0686. The zero-order chi connectivity index (χ0) is 29.3. The molecule has 3 amide bonds. The molecule has 41 heavy (non-hydrogen) atoms. The van der Waals surface area contributed by atoms with Gasteiger partial charge in [0.2, 0.25) is 12.7 Å². The molecule has 1 N–H and O–H groups in total. The van der Waals surface area contributed by atoms with Gasteiger partial charge >= 0.3 is 10.1 Å². The number of thioether (sulfide) groups is 1. The van der Waals surface area contributed by atoms with Gasteiger partial charge in [0, 0.05) is 23.4 Å². The first kappa shape index (κ1) is 27.7. The summed E-state index contributed by atoms with van der Waals surface area (Å²) in [6.07, 6.45) is 1.42. The van der Waals surface area contributed by atoms with Crippen LogP contribution in [0.4, 0.5) is 16.2 Å². The van der Waals surface area contributed by atoms with E-state index in [1.54, 1.807) is 18.2 Å². The number of benzene rings is 3. The molecule has 15 heteroatoms. The molecule has 2 heterocycles. The highest BCUT2D eigenvalue weighted by molar-refractivity contribution is 8.18. The summed E-state index contributed by atoms with van der Waals surface area (Å²) in [5.74, 6) is -0.319. The van der Waals surface area contributed by atoms with Gasteiger partial charge in [-0.3, -0.25) is 29.4 Å². The molecule has 0 bridgehead atoms. The highest BCUT2D eigenvalue weighted by atomic mass is 32.2. The van der Waals surface area contributed by atoms with E-state index in [0.29, 0.717) is 40.1 Å². The number of amides is 3. The number of nitro benzene ring substituents is 1. The van der Waals surface area contributed by atoms with Gasteiger partial charge in [-0.15, -0.1) is 0 Å². The average Bonchev–Trinajstić information content (AvgIpc) is 3.49. The number of hydrogen-bond acceptors (Lipinski definition) is 11. The minimum atomic E-state index is -4.36. The van der Waals surface area contributed by atoms with Crippen LogP contribution in [0.2, 0.25) is 0 Å². The van der Waals surface area contributed by atoms with Crippen LogP contribution in [0.15, 0.2) is 70.5 Å². The van der Waals surface area contributed by atoms with Crippen molar-refractivity contribution in [1.29, 1.82) is 0 Å². The molecule has 0 aromatic heterocycles. The largest absolute Gasteiger partial charge is 0.454 e. The van der Waals surface area contributed by atoms with E-state index in [1.165, 1.54) is 49.4 Å². The highest BCUT2D eigenvalue weighted by Gasteiger charge is 2.36. The third-order valence-corrected chi connectivity index (χ3v) is 8.03. The van der Waals surface area contributed by atoms with Crippen LogP contribution in [-0.2, 0) is 19.7 Å². The normalized spacial score (nSPS) is 15.3. The zero-order valence-electron chi connectivity index (χ0n) is 21.1. The lowest BCUT2D eigenvalue weighted by Crippen LogP contribution is -2.36. The molecule has 2 aliphatic heterocycles. The van der Waals surface area contributed by atoms with E-state index < -0.39 is 38.6 Å². The van der Waals surface area contributed by atoms with E-state index in [1.807, 2.05) is 0 Å². The molecule has 0 spiro atoms. The molecule has 0 aliphatic carbocycles. The zero-order valence-corrected chi connectivity index (χ0v) is 22.7. The Morgan fingerprint density at radius 3 is 2.56 bits per heavy atom. The number of nitro groups is 1. The molecule has 13 nitrogen and oxygen atoms in total. The van der Waals surface area contributed by atoms with Crippen molar-refractivity contribution in [3.05, 3.63) is 86.8 Å². The second kappa shape index (κ2) is 10.9. The lowest BCUT2D eigenvalue weighted by Gasteiger charge is -2.12. The first-order valence-electron chi connectivity index (χ1n) is 11.7. The van der Waals surface area contributed by atoms with E-state index in [-0.39, 0.29) is 28.0 Å². The quantitative estimate of drug-likeness (QED) is 0.172. The van der Waals surface area contributed by atoms with Crippen molar-refractivity contribution in [3.8, 4) is 17.2 Å². The molecule has 3 aromatic rings. The molecule has 2 aliphatic rings. The third kappa shape index (κ3) is 6.00. The second-order valence-corrected chi connectivity index (χ2v) is 11.2. The molecule has 0 unspecified atom stereocenters. The van der Waals surface area contributed by atoms with Crippen LogP contribution < -0.4 is 19.0 Å². The van der Waals surface area contributed by atoms with E-state index in [4.69, 9.17) is 13.7 Å². The fourth-order valence-electron chi connectivity index (χ4n) is 3.84. The minimum Gasteiger partial charge on any atom is -0.454 e. The molecular formula is C26H19N3O10S2. The SMILES string of the molecule is Cc1ccc(S(=O)(=O)Oc2ccc(/C=C3\SC(=O)N(CC(=O)Nc4ccc5c(c4)OCO5)C3=O)cc2)cc1[N+](=O)[O-]. The summed E-state index contributed by atoms with van der Waals surface area (Å²) < 4.78 is 40.8. The maximum atomic E-state index is 12.8. The molecule has 0 atom stereocenters. The van der Waals surface area contributed by atoms with Crippen LogP contribution in [0.1, 0.15) is 11.1 Å². The van der Waals surface area contributed by atoms with Gasteiger partial charge in [0.05, 0.1) is 9.83 Å². The third-order valence-electron chi connectivity index (χ3n) is 5.88. The molecule has 1 saturated heterocycles. The maximum Gasteiger partial charge on any atom is 0.339 e. The number of rotatable bonds is 8. The van der Waals surface area contributed by atoms with Gasteiger partial charge < -0.3 is 19.0 Å². The van der Waals surface area contributed by atoms with Crippen molar-refractivity contribution < 1.29 is 41.4 Å². The molecule has 1 fully saturated rings. The Morgan fingerprint density at radius 2 is 1.83 bits per heavy atom. The number of ether oxygens (including phenoxy) is 2. The Labute approximate surface area is 237 Å². The predicted molar refractivity (Wildman–Crippen MR) is 146 cm³/mol. The van der Waals surface area contributed by atoms with Crippen molar-refractivity contribution in [2.45, 2.75) is 11.8 Å². The number of imide groups is 1. The van der Waals surface area contributed by atoms with Gasteiger partial charge in [-0.2, -0.15) is 8.42 Å². The van der Waals surface area contributed by atoms with Crippen molar-refractivity contribution in [2.24, 2.45) is 0 Å². The van der Waals surface area contributed by atoms with Crippen LogP contribution in [0.3, 0.4) is 0 Å². The summed E-state index contributed by atoms with van der Waals surface area (Å²) >= 11 is 0.657. The topological polar surface area (TPSA) is 171 Å². The molecule has 3 aromatic carbocycles. The van der Waals surface area contributed by atoms with Gasteiger partial charge in [-0.05, 0) is 60.7 Å². The molecular weight excluding hydrogens is 578 g/mol. The van der Waals surface area contributed by atoms with Gasteiger partial charge in [0.1, 0.15) is 17.2 Å². The van der Waals surface area contributed by atoms with Gasteiger partial charge in [-0.1, -0.05) is 18.2 Å². The van der Waals surface area contributed by atoms with Crippen LogP contribution in [-0.4, -0.2) is 48.6 Å². The lowest BCUT2D eigenvalue weighted by molar-refractivity contribution is -0.385. The molecule has 0 saturated carbocycles. The fraction of sp³-hybridized carbons (Fsp3) is 0.115. The van der Waals surface area contributed by atoms with E-state index in [0.717, 1.165) is 11.0 Å². The Morgan fingerprint density at radius 1 is 1.10 bits per heavy atom. The lowest BCUT2D eigenvalue weighted by atomic mass is 10.2. The molecule has 5 rings (SSSR count). The van der Waals surface area contributed by atoms with Crippen molar-refractivity contribution in [3.63, 3.8) is 0 Å². The number of anilines is 1. The molecule has 0 radical (unpaired) electrons. The van der Waals surface area contributed by atoms with Crippen LogP contribution >= 0.6 is 11.8 Å². The summed E-state index contributed by atoms with van der Waals surface area (Å²) in [6, 6.07) is 13.8. The number of nitrogens with zero attached hydrogens (tertiary/aromatic N) is 2.